The molecule has 2 rings (SSSR count). The summed E-state index contributed by atoms with van der Waals surface area (Å²) in [5, 5.41) is 0. The molecule has 0 spiro atoms. The monoisotopic (exact) mass is 209 g/mol. The summed E-state index contributed by atoms with van der Waals surface area (Å²) in [5.41, 5.74) is 14.2. The largest absolute Gasteiger partial charge is 0.495 e. The summed E-state index contributed by atoms with van der Waals surface area (Å²) in [6.45, 7) is 2.95. The average molecular weight is 209 g/mol. The zero-order valence-electron chi connectivity index (χ0n) is 9.36. The van der Waals surface area contributed by atoms with E-state index in [2.05, 4.69) is 4.57 Å². The van der Waals surface area contributed by atoms with Crippen molar-refractivity contribution in [3.63, 3.8) is 0 Å². The van der Waals surface area contributed by atoms with Crippen LogP contribution in [0.4, 0.5) is 0 Å². The van der Waals surface area contributed by atoms with Crippen LogP contribution in [-0.4, -0.2) is 17.7 Å². The first kappa shape index (κ1) is 10.5. The molecule has 0 amide bonds. The fourth-order valence-electron chi connectivity index (χ4n) is 2.26. The number of methoxy groups -OCH3 is 1. The summed E-state index contributed by atoms with van der Waals surface area (Å²) in [7, 11) is 1.70. The minimum atomic E-state index is 0.0435. The third-order valence-corrected chi connectivity index (χ3v) is 3.07. The van der Waals surface area contributed by atoms with Crippen molar-refractivity contribution >= 4 is 0 Å². The lowest BCUT2D eigenvalue weighted by molar-refractivity contribution is 0.390. The lowest BCUT2D eigenvalue weighted by Crippen LogP contribution is -2.31. The van der Waals surface area contributed by atoms with Gasteiger partial charge in [-0.25, -0.2) is 0 Å². The molecule has 2 atom stereocenters. The Bertz CT molecular complexity index is 357. The molecule has 84 valence electrons. The summed E-state index contributed by atoms with van der Waals surface area (Å²) < 4.78 is 7.62. The number of hydrogen-bond donors (Lipinski definition) is 2. The van der Waals surface area contributed by atoms with Crippen molar-refractivity contribution in [3.05, 3.63) is 17.5 Å². The molecule has 15 heavy (non-hydrogen) atoms. The third kappa shape index (κ3) is 1.75. The number of aromatic nitrogens is 1. The molecule has 1 aliphatic heterocycles. The van der Waals surface area contributed by atoms with Crippen molar-refractivity contribution in [2.24, 2.45) is 11.5 Å². The minimum absolute atomic E-state index is 0.0435. The zero-order chi connectivity index (χ0) is 11.0. The Morgan fingerprint density at radius 3 is 2.93 bits per heavy atom. The van der Waals surface area contributed by atoms with Crippen LogP contribution in [0.5, 0.6) is 5.75 Å². The zero-order valence-corrected chi connectivity index (χ0v) is 9.36. The molecule has 4 nitrogen and oxygen atoms in total. The molecule has 1 aromatic rings. The highest BCUT2D eigenvalue weighted by Crippen LogP contribution is 2.31. The Balaban J connectivity index is 2.45. The van der Waals surface area contributed by atoms with Gasteiger partial charge in [0.05, 0.1) is 12.8 Å². The first-order valence-corrected chi connectivity index (χ1v) is 5.41. The van der Waals surface area contributed by atoms with Crippen molar-refractivity contribution in [1.29, 1.82) is 0 Å². The predicted molar refractivity (Wildman–Crippen MR) is 59.9 cm³/mol. The van der Waals surface area contributed by atoms with Crippen LogP contribution in [0.15, 0.2) is 6.07 Å². The van der Waals surface area contributed by atoms with Gasteiger partial charge in [0.25, 0.3) is 0 Å². The van der Waals surface area contributed by atoms with Crippen LogP contribution in [0.1, 0.15) is 30.8 Å². The molecule has 0 fully saturated rings. The van der Waals surface area contributed by atoms with Crippen molar-refractivity contribution in [2.45, 2.75) is 38.4 Å². The molecule has 1 aromatic heterocycles. The lowest BCUT2D eigenvalue weighted by Gasteiger charge is -2.24. The summed E-state index contributed by atoms with van der Waals surface area (Å²) in [5.74, 6) is 0.928. The molecule has 0 aromatic carbocycles. The van der Waals surface area contributed by atoms with Crippen molar-refractivity contribution < 1.29 is 4.74 Å². The van der Waals surface area contributed by atoms with Crippen LogP contribution in [0.25, 0.3) is 0 Å². The number of hydrogen-bond acceptors (Lipinski definition) is 3. The van der Waals surface area contributed by atoms with E-state index in [0.717, 1.165) is 30.8 Å². The van der Waals surface area contributed by atoms with Crippen LogP contribution in [-0.2, 0) is 13.0 Å². The fraction of sp³-hybridized carbons (Fsp3) is 0.636. The van der Waals surface area contributed by atoms with E-state index in [1.807, 2.05) is 13.0 Å². The fourth-order valence-corrected chi connectivity index (χ4v) is 2.26. The molecule has 0 saturated carbocycles. The smallest absolute Gasteiger partial charge is 0.140 e. The van der Waals surface area contributed by atoms with Gasteiger partial charge >= 0.3 is 0 Å². The lowest BCUT2D eigenvalue weighted by atomic mass is 10.1. The van der Waals surface area contributed by atoms with E-state index in [4.69, 9.17) is 16.2 Å². The first-order chi connectivity index (χ1) is 7.13. The second-order valence-corrected chi connectivity index (χ2v) is 4.28. The molecule has 0 aliphatic carbocycles. The van der Waals surface area contributed by atoms with Crippen LogP contribution in [0, 0.1) is 0 Å². The SMILES string of the molecule is COc1cc(C(C)N)n2c1CC(N)CC2. The number of nitrogens with zero attached hydrogens (tertiary/aromatic N) is 1. The quantitative estimate of drug-likeness (QED) is 0.756. The highest BCUT2D eigenvalue weighted by atomic mass is 16.5. The van der Waals surface area contributed by atoms with Crippen molar-refractivity contribution in [2.75, 3.05) is 7.11 Å². The number of fused-ring (bicyclic) bond motifs is 1. The van der Waals surface area contributed by atoms with E-state index in [1.54, 1.807) is 7.11 Å². The molecular formula is C11H19N3O. The molecule has 0 radical (unpaired) electrons. The number of nitrogens with two attached hydrogens (primary N) is 2. The first-order valence-electron chi connectivity index (χ1n) is 5.41. The van der Waals surface area contributed by atoms with E-state index >= 15 is 0 Å². The maximum Gasteiger partial charge on any atom is 0.140 e. The standard InChI is InChI=1S/C11H19N3O/c1-7(12)9-6-11(15-2)10-5-8(13)3-4-14(9)10/h6-8H,3-5,12-13H2,1-2H3. The molecular weight excluding hydrogens is 190 g/mol. The van der Waals surface area contributed by atoms with E-state index in [-0.39, 0.29) is 12.1 Å². The van der Waals surface area contributed by atoms with Gasteiger partial charge in [0.1, 0.15) is 5.75 Å². The van der Waals surface area contributed by atoms with E-state index < -0.39 is 0 Å². The van der Waals surface area contributed by atoms with Crippen LogP contribution < -0.4 is 16.2 Å². The van der Waals surface area contributed by atoms with Crippen LogP contribution in [0.2, 0.25) is 0 Å². The van der Waals surface area contributed by atoms with Crippen molar-refractivity contribution in [3.8, 4) is 5.75 Å². The molecule has 1 aliphatic rings. The Morgan fingerprint density at radius 1 is 1.60 bits per heavy atom. The second kappa shape index (κ2) is 3.87. The summed E-state index contributed by atoms with van der Waals surface area (Å²) >= 11 is 0. The van der Waals surface area contributed by atoms with Gasteiger partial charge in [0.2, 0.25) is 0 Å². The Morgan fingerprint density at radius 2 is 2.33 bits per heavy atom. The Kier molecular flexibility index (Phi) is 2.71. The normalized spacial score (nSPS) is 22.3. The predicted octanol–water partition coefficient (Wildman–Crippen LogP) is 0.790. The number of rotatable bonds is 2. The highest BCUT2D eigenvalue weighted by Gasteiger charge is 2.23. The third-order valence-electron chi connectivity index (χ3n) is 3.07. The van der Waals surface area contributed by atoms with Gasteiger partial charge in [-0.15, -0.1) is 0 Å². The maximum atomic E-state index is 5.96. The molecule has 4 N–H and O–H groups in total. The Hall–Kier alpha value is -1.00. The number of ether oxygens (including phenoxy) is 1. The highest BCUT2D eigenvalue weighted by molar-refractivity contribution is 5.37. The van der Waals surface area contributed by atoms with Gasteiger partial charge in [-0.1, -0.05) is 0 Å². The van der Waals surface area contributed by atoms with E-state index in [0.29, 0.717) is 0 Å². The molecule has 0 bridgehead atoms. The van der Waals surface area contributed by atoms with Crippen LogP contribution in [0.3, 0.4) is 0 Å². The van der Waals surface area contributed by atoms with Gasteiger partial charge in [0, 0.05) is 36.8 Å². The van der Waals surface area contributed by atoms with Gasteiger partial charge in [-0.3, -0.25) is 0 Å². The minimum Gasteiger partial charge on any atom is -0.495 e. The maximum absolute atomic E-state index is 5.96. The van der Waals surface area contributed by atoms with Crippen molar-refractivity contribution in [1.82, 2.24) is 4.57 Å². The second-order valence-electron chi connectivity index (χ2n) is 4.28. The summed E-state index contributed by atoms with van der Waals surface area (Å²) in [4.78, 5) is 0. The Labute approximate surface area is 90.2 Å². The van der Waals surface area contributed by atoms with E-state index in [9.17, 15) is 0 Å². The van der Waals surface area contributed by atoms with Gasteiger partial charge in [-0.2, -0.15) is 0 Å². The molecule has 2 unspecified atom stereocenters. The molecule has 4 heteroatoms. The van der Waals surface area contributed by atoms with Gasteiger partial charge in [0.15, 0.2) is 0 Å². The van der Waals surface area contributed by atoms with E-state index in [1.165, 1.54) is 5.69 Å². The van der Waals surface area contributed by atoms with Gasteiger partial charge in [-0.05, 0) is 13.3 Å². The summed E-state index contributed by atoms with van der Waals surface area (Å²) in [6.07, 6.45) is 1.90. The molecule has 0 saturated heterocycles. The average Bonchev–Trinajstić information content (AvgIpc) is 2.55. The van der Waals surface area contributed by atoms with Crippen LogP contribution >= 0.6 is 0 Å². The van der Waals surface area contributed by atoms with Gasteiger partial charge < -0.3 is 20.8 Å². The topological polar surface area (TPSA) is 66.2 Å². The molecule has 2 heterocycles. The summed E-state index contributed by atoms with van der Waals surface area (Å²) in [6, 6.07) is 2.34.